The number of sulfonamides is 1. The molecule has 3 aromatic rings. The van der Waals surface area contributed by atoms with Gasteiger partial charge in [-0.1, -0.05) is 17.7 Å². The molecule has 1 aromatic heterocycles. The zero-order chi connectivity index (χ0) is 22.7. The van der Waals surface area contributed by atoms with Crippen LogP contribution in [-0.2, 0) is 32.5 Å². The highest BCUT2D eigenvalue weighted by Crippen LogP contribution is 2.24. The van der Waals surface area contributed by atoms with Gasteiger partial charge in [0.25, 0.3) is 0 Å². The summed E-state index contributed by atoms with van der Waals surface area (Å²) in [5.41, 5.74) is 1.41. The van der Waals surface area contributed by atoms with Crippen molar-refractivity contribution in [2.45, 2.75) is 31.2 Å². The van der Waals surface area contributed by atoms with Gasteiger partial charge in [0, 0.05) is 31.1 Å². The maximum atomic E-state index is 13.0. The van der Waals surface area contributed by atoms with Gasteiger partial charge in [0.15, 0.2) is 0 Å². The molecule has 2 aromatic carbocycles. The zero-order valence-corrected chi connectivity index (χ0v) is 19.2. The Bertz CT molecular complexity index is 1240. The summed E-state index contributed by atoms with van der Waals surface area (Å²) >= 11 is 5.92. The molecule has 1 fully saturated rings. The largest absolute Gasteiger partial charge is 0.426 e. The standard InChI is InChI=1S/C22H24ClN3O5S/c1-2-26-20-7-6-18(32(28,29)25-10-12-30-13-11-25)15-19(20)24-21(26)8-9-22(27)31-17-5-3-4-16(23)14-17/h3-7,14-15H,2,8-13H2,1H3. The minimum absolute atomic E-state index is 0.134. The highest BCUT2D eigenvalue weighted by atomic mass is 35.5. The summed E-state index contributed by atoms with van der Waals surface area (Å²) in [7, 11) is -3.61. The molecule has 4 rings (SSSR count). The van der Waals surface area contributed by atoms with Gasteiger partial charge in [0.1, 0.15) is 11.6 Å². The zero-order valence-electron chi connectivity index (χ0n) is 17.7. The molecule has 2 heterocycles. The molecule has 10 heteroatoms. The second-order valence-corrected chi connectivity index (χ2v) is 9.75. The lowest BCUT2D eigenvalue weighted by molar-refractivity contribution is -0.134. The van der Waals surface area contributed by atoms with Crippen molar-refractivity contribution in [2.75, 3.05) is 26.3 Å². The van der Waals surface area contributed by atoms with Gasteiger partial charge in [-0.05, 0) is 43.3 Å². The van der Waals surface area contributed by atoms with Crippen molar-refractivity contribution in [1.29, 1.82) is 0 Å². The van der Waals surface area contributed by atoms with Crippen LogP contribution in [0.15, 0.2) is 47.4 Å². The van der Waals surface area contributed by atoms with Crippen LogP contribution in [0.25, 0.3) is 11.0 Å². The first kappa shape index (κ1) is 22.7. The molecule has 0 atom stereocenters. The molecule has 1 aliphatic rings. The third-order valence-corrected chi connectivity index (χ3v) is 7.43. The van der Waals surface area contributed by atoms with E-state index in [1.165, 1.54) is 4.31 Å². The first-order valence-electron chi connectivity index (χ1n) is 10.4. The predicted octanol–water partition coefficient (Wildman–Crippen LogP) is 3.27. The first-order chi connectivity index (χ1) is 15.4. The van der Waals surface area contributed by atoms with E-state index in [1.807, 2.05) is 11.5 Å². The molecule has 0 bridgehead atoms. The maximum Gasteiger partial charge on any atom is 0.311 e. The van der Waals surface area contributed by atoms with E-state index in [2.05, 4.69) is 4.98 Å². The van der Waals surface area contributed by atoms with Gasteiger partial charge < -0.3 is 14.0 Å². The van der Waals surface area contributed by atoms with Crippen LogP contribution in [-0.4, -0.2) is 54.5 Å². The van der Waals surface area contributed by atoms with Gasteiger partial charge in [-0.25, -0.2) is 13.4 Å². The molecule has 0 radical (unpaired) electrons. The highest BCUT2D eigenvalue weighted by molar-refractivity contribution is 7.89. The minimum atomic E-state index is -3.61. The Morgan fingerprint density at radius 3 is 2.69 bits per heavy atom. The molecule has 0 aliphatic carbocycles. The van der Waals surface area contributed by atoms with Gasteiger partial charge in [-0.15, -0.1) is 0 Å². The summed E-state index contributed by atoms with van der Waals surface area (Å²) in [4.78, 5) is 17.1. The quantitative estimate of drug-likeness (QED) is 0.383. The molecular weight excluding hydrogens is 454 g/mol. The summed E-state index contributed by atoms with van der Waals surface area (Å²) in [6.45, 7) is 4.08. The van der Waals surface area contributed by atoms with E-state index in [0.717, 1.165) is 5.52 Å². The summed E-state index contributed by atoms with van der Waals surface area (Å²) in [5.74, 6) is 0.702. The number of esters is 1. The summed E-state index contributed by atoms with van der Waals surface area (Å²) in [6.07, 6.45) is 0.502. The van der Waals surface area contributed by atoms with Crippen LogP contribution in [0.1, 0.15) is 19.2 Å². The number of aromatic nitrogens is 2. The molecule has 8 nitrogen and oxygen atoms in total. The normalized spacial score (nSPS) is 15.2. The summed E-state index contributed by atoms with van der Waals surface area (Å²) < 4.78 is 39.9. The molecule has 170 valence electrons. The fraction of sp³-hybridized carbons (Fsp3) is 0.364. The smallest absolute Gasteiger partial charge is 0.311 e. The van der Waals surface area contributed by atoms with E-state index in [9.17, 15) is 13.2 Å². The average molecular weight is 478 g/mol. The fourth-order valence-electron chi connectivity index (χ4n) is 3.73. The Morgan fingerprint density at radius 2 is 1.97 bits per heavy atom. The molecule has 0 N–H and O–H groups in total. The fourth-order valence-corrected chi connectivity index (χ4v) is 5.34. The van der Waals surface area contributed by atoms with Crippen molar-refractivity contribution in [1.82, 2.24) is 13.9 Å². The SMILES string of the molecule is CCn1c(CCC(=O)Oc2cccc(Cl)c2)nc2cc(S(=O)(=O)N3CCOCC3)ccc21. The van der Waals surface area contributed by atoms with Gasteiger partial charge >= 0.3 is 5.97 Å². The first-order valence-corrected chi connectivity index (χ1v) is 12.2. The molecule has 0 saturated carbocycles. The van der Waals surface area contributed by atoms with E-state index >= 15 is 0 Å². The Hall–Kier alpha value is -2.46. The lowest BCUT2D eigenvalue weighted by atomic mass is 10.3. The molecule has 0 amide bonds. The van der Waals surface area contributed by atoms with Crippen molar-refractivity contribution in [3.05, 3.63) is 53.3 Å². The topological polar surface area (TPSA) is 90.7 Å². The van der Waals surface area contributed by atoms with Crippen molar-refractivity contribution < 1.29 is 22.7 Å². The number of carbonyl (C=O) groups excluding carboxylic acids is 1. The Balaban J connectivity index is 1.52. The number of ether oxygens (including phenoxy) is 2. The van der Waals surface area contributed by atoms with Crippen molar-refractivity contribution in [2.24, 2.45) is 0 Å². The molecule has 32 heavy (non-hydrogen) atoms. The molecule has 1 saturated heterocycles. The third-order valence-electron chi connectivity index (χ3n) is 5.30. The van der Waals surface area contributed by atoms with Crippen molar-refractivity contribution in [3.63, 3.8) is 0 Å². The van der Waals surface area contributed by atoms with Crippen LogP contribution in [0, 0.1) is 0 Å². The maximum absolute atomic E-state index is 13.0. The lowest BCUT2D eigenvalue weighted by Gasteiger charge is -2.26. The van der Waals surface area contributed by atoms with Crippen LogP contribution < -0.4 is 4.74 Å². The number of carbonyl (C=O) groups is 1. The molecule has 0 spiro atoms. The molecule has 1 aliphatic heterocycles. The predicted molar refractivity (Wildman–Crippen MR) is 120 cm³/mol. The average Bonchev–Trinajstić information content (AvgIpc) is 3.15. The number of rotatable bonds is 7. The van der Waals surface area contributed by atoms with Crippen LogP contribution in [0.2, 0.25) is 5.02 Å². The van der Waals surface area contributed by atoms with Crippen LogP contribution in [0.3, 0.4) is 0 Å². The summed E-state index contributed by atoms with van der Waals surface area (Å²) in [5, 5.41) is 0.492. The van der Waals surface area contributed by atoms with E-state index in [-0.39, 0.29) is 11.3 Å². The van der Waals surface area contributed by atoms with E-state index in [0.29, 0.717) is 61.4 Å². The van der Waals surface area contributed by atoms with Crippen LogP contribution in [0.4, 0.5) is 0 Å². The van der Waals surface area contributed by atoms with E-state index in [1.54, 1.807) is 42.5 Å². The Labute approximate surface area is 191 Å². The summed E-state index contributed by atoms with van der Waals surface area (Å²) in [6, 6.07) is 11.6. The number of imidazole rings is 1. The number of benzene rings is 2. The number of aryl methyl sites for hydroxylation is 2. The van der Waals surface area contributed by atoms with Crippen molar-refractivity contribution >= 4 is 38.6 Å². The number of morpholine rings is 1. The third kappa shape index (κ3) is 4.80. The van der Waals surface area contributed by atoms with Gasteiger partial charge in [0.2, 0.25) is 10.0 Å². The second-order valence-electron chi connectivity index (χ2n) is 7.37. The number of fused-ring (bicyclic) bond motifs is 1. The number of hydrogen-bond acceptors (Lipinski definition) is 6. The number of hydrogen-bond donors (Lipinski definition) is 0. The Morgan fingerprint density at radius 1 is 1.19 bits per heavy atom. The Kier molecular flexibility index (Phi) is 6.80. The number of nitrogens with zero attached hydrogens (tertiary/aromatic N) is 3. The molecular formula is C22H24ClN3O5S. The van der Waals surface area contributed by atoms with E-state index in [4.69, 9.17) is 21.1 Å². The van der Waals surface area contributed by atoms with Crippen LogP contribution >= 0.6 is 11.6 Å². The number of halogens is 1. The minimum Gasteiger partial charge on any atom is -0.426 e. The van der Waals surface area contributed by atoms with E-state index < -0.39 is 16.0 Å². The molecule has 0 unspecified atom stereocenters. The lowest BCUT2D eigenvalue weighted by Crippen LogP contribution is -2.40. The van der Waals surface area contributed by atoms with Gasteiger partial charge in [-0.2, -0.15) is 4.31 Å². The van der Waals surface area contributed by atoms with Gasteiger partial charge in [0.05, 0.1) is 35.6 Å². The monoisotopic (exact) mass is 477 g/mol. The van der Waals surface area contributed by atoms with Gasteiger partial charge in [-0.3, -0.25) is 4.79 Å². The van der Waals surface area contributed by atoms with Crippen LogP contribution in [0.5, 0.6) is 5.75 Å². The second kappa shape index (κ2) is 9.58. The van der Waals surface area contributed by atoms with Crippen molar-refractivity contribution in [3.8, 4) is 5.75 Å². The highest BCUT2D eigenvalue weighted by Gasteiger charge is 2.27.